The van der Waals surface area contributed by atoms with Crippen molar-refractivity contribution in [2.24, 2.45) is 0 Å². The molecule has 2 rings (SSSR count). The van der Waals surface area contributed by atoms with Gasteiger partial charge >= 0.3 is 0 Å². The van der Waals surface area contributed by atoms with Crippen LogP contribution in [0.15, 0.2) is 6.07 Å². The minimum atomic E-state index is -0.167. The second kappa shape index (κ2) is 6.86. The maximum absolute atomic E-state index is 12.2. The molecular formula is C14H19N3O2S. The molecule has 1 aliphatic heterocycles. The maximum Gasteiger partial charge on any atom is 0.275 e. The van der Waals surface area contributed by atoms with Crippen molar-refractivity contribution < 1.29 is 9.90 Å². The summed E-state index contributed by atoms with van der Waals surface area (Å²) >= 11 is 1.36. The highest BCUT2D eigenvalue weighted by Gasteiger charge is 2.18. The molecule has 108 valence electrons. The smallest absolute Gasteiger partial charge is 0.275 e. The third-order valence-corrected chi connectivity index (χ3v) is 4.34. The largest absolute Gasteiger partial charge is 0.384 e. The van der Waals surface area contributed by atoms with Gasteiger partial charge in [-0.3, -0.25) is 10.2 Å². The lowest BCUT2D eigenvalue weighted by atomic mass is 10.2. The van der Waals surface area contributed by atoms with Crippen LogP contribution in [0.4, 0.5) is 0 Å². The van der Waals surface area contributed by atoms with Crippen LogP contribution in [0.3, 0.4) is 0 Å². The van der Waals surface area contributed by atoms with Gasteiger partial charge in [0.2, 0.25) is 0 Å². The number of carbonyl (C=O) groups is 1. The Morgan fingerprint density at radius 3 is 2.80 bits per heavy atom. The number of aliphatic hydroxyl groups excluding tert-OH is 1. The summed E-state index contributed by atoms with van der Waals surface area (Å²) in [6.07, 6.45) is 0. The van der Waals surface area contributed by atoms with Gasteiger partial charge in [-0.2, -0.15) is 0 Å². The minimum absolute atomic E-state index is 0.0836. The number of nitrogens with one attached hydrogen (secondary N) is 1. The van der Waals surface area contributed by atoms with E-state index in [0.717, 1.165) is 36.6 Å². The zero-order valence-corrected chi connectivity index (χ0v) is 12.6. The number of rotatable bonds is 2. The lowest BCUT2D eigenvalue weighted by Gasteiger charge is -2.32. The van der Waals surface area contributed by atoms with Crippen LogP contribution in [0, 0.1) is 18.8 Å². The lowest BCUT2D eigenvalue weighted by molar-refractivity contribution is 0.0666. The van der Waals surface area contributed by atoms with Gasteiger partial charge in [0.15, 0.2) is 0 Å². The van der Waals surface area contributed by atoms with E-state index in [0.29, 0.717) is 4.88 Å². The van der Waals surface area contributed by atoms with Gasteiger partial charge in [0.1, 0.15) is 6.61 Å². The van der Waals surface area contributed by atoms with Crippen LogP contribution in [0.25, 0.3) is 0 Å². The van der Waals surface area contributed by atoms with Crippen molar-refractivity contribution in [3.05, 3.63) is 21.4 Å². The van der Waals surface area contributed by atoms with Crippen LogP contribution < -0.4 is 5.43 Å². The Balaban J connectivity index is 1.99. The average Bonchev–Trinajstić information content (AvgIpc) is 2.80. The quantitative estimate of drug-likeness (QED) is 0.770. The van der Waals surface area contributed by atoms with Crippen LogP contribution in [0.2, 0.25) is 0 Å². The number of thiophene rings is 1. The Morgan fingerprint density at radius 2 is 2.15 bits per heavy atom. The Hall–Kier alpha value is -1.39. The third kappa shape index (κ3) is 3.81. The van der Waals surface area contributed by atoms with Gasteiger partial charge in [0.25, 0.3) is 5.91 Å². The van der Waals surface area contributed by atoms with Crippen molar-refractivity contribution in [3.63, 3.8) is 0 Å². The molecule has 0 saturated carbocycles. The van der Waals surface area contributed by atoms with Crippen molar-refractivity contribution in [3.8, 4) is 11.8 Å². The lowest BCUT2D eigenvalue weighted by Crippen LogP contribution is -2.52. The second-order valence-electron chi connectivity index (χ2n) is 4.81. The first kappa shape index (κ1) is 15.0. The van der Waals surface area contributed by atoms with Crippen molar-refractivity contribution in [1.29, 1.82) is 0 Å². The first-order valence-electron chi connectivity index (χ1n) is 6.55. The highest BCUT2D eigenvalue weighted by Crippen LogP contribution is 2.20. The number of carbonyl (C=O) groups excluding carboxylic acids is 1. The summed E-state index contributed by atoms with van der Waals surface area (Å²) < 4.78 is 0. The number of aliphatic hydroxyl groups is 1. The molecule has 1 fully saturated rings. The molecule has 0 unspecified atom stereocenters. The molecule has 1 saturated heterocycles. The van der Waals surface area contributed by atoms with E-state index in [1.165, 1.54) is 11.3 Å². The summed E-state index contributed by atoms with van der Waals surface area (Å²) in [4.78, 5) is 15.9. The number of hydrogen-bond acceptors (Lipinski definition) is 5. The predicted molar refractivity (Wildman–Crippen MR) is 79.6 cm³/mol. The Bertz CT molecular complexity index is 536. The van der Waals surface area contributed by atoms with Crippen LogP contribution in [0.5, 0.6) is 0 Å². The maximum atomic E-state index is 12.2. The average molecular weight is 293 g/mol. The second-order valence-corrected chi connectivity index (χ2v) is 5.87. The number of amides is 1. The standard InChI is InChI=1S/C14H19N3O2S/c1-11-10-13(20-12(11)4-3-9-18)14(19)15-17-7-5-16(2)6-8-17/h10,18H,5-9H2,1-2H3,(H,15,19). The molecule has 2 heterocycles. The van der Waals surface area contributed by atoms with Gasteiger partial charge in [-0.15, -0.1) is 11.3 Å². The Morgan fingerprint density at radius 1 is 1.45 bits per heavy atom. The summed E-state index contributed by atoms with van der Waals surface area (Å²) in [5.74, 6) is 5.39. The van der Waals surface area contributed by atoms with Crippen LogP contribution in [0.1, 0.15) is 20.1 Å². The molecule has 2 N–H and O–H groups in total. The molecule has 5 nitrogen and oxygen atoms in total. The first-order chi connectivity index (χ1) is 9.60. The SMILES string of the molecule is Cc1cc(C(=O)NN2CCN(C)CC2)sc1C#CCO. The topological polar surface area (TPSA) is 55.8 Å². The van der Waals surface area contributed by atoms with E-state index >= 15 is 0 Å². The molecule has 1 aliphatic rings. The molecule has 0 radical (unpaired) electrons. The van der Waals surface area contributed by atoms with Crippen molar-refractivity contribution in [2.75, 3.05) is 39.8 Å². The fourth-order valence-corrected chi connectivity index (χ4v) is 2.89. The van der Waals surface area contributed by atoms with Gasteiger partial charge < -0.3 is 10.0 Å². The van der Waals surface area contributed by atoms with Crippen LogP contribution >= 0.6 is 11.3 Å². The van der Waals surface area contributed by atoms with Gasteiger partial charge in [-0.25, -0.2) is 5.01 Å². The summed E-state index contributed by atoms with van der Waals surface area (Å²) in [5.41, 5.74) is 3.90. The summed E-state index contributed by atoms with van der Waals surface area (Å²) in [6.45, 7) is 5.34. The molecule has 0 bridgehead atoms. The van der Waals surface area contributed by atoms with Gasteiger partial charge in [0, 0.05) is 26.2 Å². The molecule has 20 heavy (non-hydrogen) atoms. The van der Waals surface area contributed by atoms with E-state index in [1.54, 1.807) is 0 Å². The zero-order chi connectivity index (χ0) is 14.5. The highest BCUT2D eigenvalue weighted by atomic mass is 32.1. The number of likely N-dealkylation sites (N-methyl/N-ethyl adjacent to an activating group) is 1. The van der Waals surface area contributed by atoms with Crippen molar-refractivity contribution in [1.82, 2.24) is 15.3 Å². The Labute approximate surface area is 123 Å². The van der Waals surface area contributed by atoms with Gasteiger partial charge in [-0.05, 0) is 25.6 Å². The number of nitrogens with zero attached hydrogens (tertiary/aromatic N) is 2. The van der Waals surface area contributed by atoms with Gasteiger partial charge in [-0.1, -0.05) is 11.8 Å². The number of hydrazine groups is 1. The molecule has 0 aromatic carbocycles. The van der Waals surface area contributed by atoms with E-state index < -0.39 is 0 Å². The Kier molecular flexibility index (Phi) is 5.15. The normalized spacial score (nSPS) is 16.6. The van der Waals surface area contributed by atoms with Gasteiger partial charge in [0.05, 0.1) is 9.75 Å². The van der Waals surface area contributed by atoms with E-state index in [4.69, 9.17) is 5.11 Å². The van der Waals surface area contributed by atoms with Crippen LogP contribution in [-0.4, -0.2) is 60.8 Å². The fourth-order valence-electron chi connectivity index (χ4n) is 1.95. The molecule has 0 aliphatic carbocycles. The number of aryl methyl sites for hydroxylation is 1. The number of hydrogen-bond donors (Lipinski definition) is 2. The molecule has 6 heteroatoms. The van der Waals surface area contributed by atoms with Crippen LogP contribution in [-0.2, 0) is 0 Å². The molecule has 1 aromatic rings. The molecule has 0 spiro atoms. The monoisotopic (exact) mass is 293 g/mol. The van der Waals surface area contributed by atoms with E-state index in [2.05, 4.69) is 29.2 Å². The summed E-state index contributed by atoms with van der Waals surface area (Å²) in [5, 5.41) is 10.7. The predicted octanol–water partition coefficient (Wildman–Crippen LogP) is 0.293. The molecule has 0 atom stereocenters. The molecular weight excluding hydrogens is 274 g/mol. The van der Waals surface area contributed by atoms with E-state index in [-0.39, 0.29) is 12.5 Å². The highest BCUT2D eigenvalue weighted by molar-refractivity contribution is 7.14. The summed E-state index contributed by atoms with van der Waals surface area (Å²) in [7, 11) is 2.08. The van der Waals surface area contributed by atoms with Crippen molar-refractivity contribution >= 4 is 17.2 Å². The summed E-state index contributed by atoms with van der Waals surface area (Å²) in [6, 6.07) is 1.84. The number of piperazine rings is 1. The first-order valence-corrected chi connectivity index (χ1v) is 7.36. The van der Waals surface area contributed by atoms with Crippen molar-refractivity contribution in [2.45, 2.75) is 6.92 Å². The minimum Gasteiger partial charge on any atom is -0.384 e. The zero-order valence-electron chi connectivity index (χ0n) is 11.8. The molecule has 1 amide bonds. The van der Waals surface area contributed by atoms with E-state index in [1.807, 2.05) is 18.0 Å². The molecule has 1 aromatic heterocycles. The third-order valence-electron chi connectivity index (χ3n) is 3.19. The van der Waals surface area contributed by atoms with E-state index in [9.17, 15) is 4.79 Å². The fraction of sp³-hybridized carbons (Fsp3) is 0.500.